The van der Waals surface area contributed by atoms with Crippen molar-refractivity contribution < 1.29 is 12.9 Å². The van der Waals surface area contributed by atoms with Gasteiger partial charge < -0.3 is 10.3 Å². The van der Waals surface area contributed by atoms with Crippen LogP contribution in [0.25, 0.3) is 0 Å². The van der Waals surface area contributed by atoms with Crippen molar-refractivity contribution in [3.8, 4) is 0 Å². The van der Waals surface area contributed by atoms with Gasteiger partial charge in [0, 0.05) is 6.26 Å². The SMILES string of the molecule is CC(C)C[C@H](N)c1nc(CS(C)(=O)=O)no1. The summed E-state index contributed by atoms with van der Waals surface area (Å²) < 4.78 is 26.9. The third-order valence-corrected chi connectivity index (χ3v) is 2.70. The highest BCUT2D eigenvalue weighted by atomic mass is 32.2. The molecule has 0 aromatic carbocycles. The zero-order valence-electron chi connectivity index (χ0n) is 9.67. The molecule has 0 unspecified atom stereocenters. The van der Waals surface area contributed by atoms with E-state index in [1.54, 1.807) is 0 Å². The van der Waals surface area contributed by atoms with Gasteiger partial charge in [-0.2, -0.15) is 4.98 Å². The molecule has 0 aliphatic carbocycles. The van der Waals surface area contributed by atoms with Gasteiger partial charge in [0.1, 0.15) is 5.75 Å². The van der Waals surface area contributed by atoms with E-state index in [2.05, 4.69) is 10.1 Å². The Balaban J connectivity index is 2.71. The average Bonchev–Trinajstić information content (AvgIpc) is 2.48. The number of nitrogens with zero attached hydrogens (tertiary/aromatic N) is 2. The van der Waals surface area contributed by atoms with Crippen molar-refractivity contribution in [3.63, 3.8) is 0 Å². The lowest BCUT2D eigenvalue weighted by atomic mass is 10.0. The van der Waals surface area contributed by atoms with Crippen LogP contribution < -0.4 is 5.73 Å². The summed E-state index contributed by atoms with van der Waals surface area (Å²) in [6.07, 6.45) is 1.84. The molecule has 0 spiro atoms. The first-order valence-electron chi connectivity index (χ1n) is 5.03. The van der Waals surface area contributed by atoms with Gasteiger partial charge in [-0.3, -0.25) is 0 Å². The predicted octanol–water partition coefficient (Wildman–Crippen LogP) is 0.660. The number of rotatable bonds is 5. The maximum atomic E-state index is 11.0. The van der Waals surface area contributed by atoms with E-state index in [0.717, 1.165) is 12.7 Å². The summed E-state index contributed by atoms with van der Waals surface area (Å²) in [5.41, 5.74) is 5.83. The summed E-state index contributed by atoms with van der Waals surface area (Å²) in [4.78, 5) is 3.97. The molecule has 0 amide bonds. The molecule has 1 atom stereocenters. The Morgan fingerprint density at radius 1 is 1.44 bits per heavy atom. The summed E-state index contributed by atoms with van der Waals surface area (Å²) in [5, 5.41) is 3.58. The van der Waals surface area contributed by atoms with Gasteiger partial charge in [0.25, 0.3) is 0 Å². The van der Waals surface area contributed by atoms with E-state index in [4.69, 9.17) is 10.3 Å². The van der Waals surface area contributed by atoms with Crippen molar-refractivity contribution in [2.45, 2.75) is 32.1 Å². The third kappa shape index (κ3) is 4.28. The fourth-order valence-electron chi connectivity index (χ4n) is 1.32. The van der Waals surface area contributed by atoms with Gasteiger partial charge in [0.2, 0.25) is 5.89 Å². The molecule has 7 heteroatoms. The highest BCUT2D eigenvalue weighted by Crippen LogP contribution is 2.17. The first-order chi connectivity index (χ1) is 7.28. The van der Waals surface area contributed by atoms with Crippen LogP contribution in [0.4, 0.5) is 0 Å². The molecule has 0 bridgehead atoms. The monoisotopic (exact) mass is 247 g/mol. The lowest BCUT2D eigenvalue weighted by Crippen LogP contribution is -2.13. The Morgan fingerprint density at radius 2 is 2.06 bits per heavy atom. The van der Waals surface area contributed by atoms with Gasteiger partial charge in [-0.25, -0.2) is 8.42 Å². The van der Waals surface area contributed by atoms with Gasteiger partial charge in [-0.1, -0.05) is 19.0 Å². The largest absolute Gasteiger partial charge is 0.338 e. The topological polar surface area (TPSA) is 99.1 Å². The minimum atomic E-state index is -3.14. The molecular formula is C9H17N3O3S. The summed E-state index contributed by atoms with van der Waals surface area (Å²) >= 11 is 0. The molecule has 0 saturated heterocycles. The quantitative estimate of drug-likeness (QED) is 0.820. The zero-order chi connectivity index (χ0) is 12.3. The zero-order valence-corrected chi connectivity index (χ0v) is 10.5. The Kier molecular flexibility index (Phi) is 4.03. The maximum absolute atomic E-state index is 11.0. The van der Waals surface area contributed by atoms with Gasteiger partial charge in [0.15, 0.2) is 15.7 Å². The van der Waals surface area contributed by atoms with Crippen molar-refractivity contribution in [1.82, 2.24) is 10.1 Å². The molecule has 0 aliphatic rings. The van der Waals surface area contributed by atoms with Crippen LogP contribution in [0, 0.1) is 5.92 Å². The Hall–Kier alpha value is -0.950. The molecule has 92 valence electrons. The molecule has 0 saturated carbocycles. The smallest absolute Gasteiger partial charge is 0.243 e. The van der Waals surface area contributed by atoms with Crippen molar-refractivity contribution in [1.29, 1.82) is 0 Å². The molecule has 1 aromatic heterocycles. The molecule has 1 rings (SSSR count). The minimum absolute atomic E-state index is 0.164. The van der Waals surface area contributed by atoms with Gasteiger partial charge >= 0.3 is 0 Å². The summed E-state index contributed by atoms with van der Waals surface area (Å²) in [6.45, 7) is 4.07. The maximum Gasteiger partial charge on any atom is 0.243 e. The van der Waals surface area contributed by atoms with Crippen molar-refractivity contribution >= 4 is 9.84 Å². The third-order valence-electron chi connectivity index (χ3n) is 1.92. The lowest BCUT2D eigenvalue weighted by molar-refractivity contribution is 0.333. The van der Waals surface area contributed by atoms with E-state index in [-0.39, 0.29) is 17.6 Å². The van der Waals surface area contributed by atoms with Crippen LogP contribution in [0.1, 0.15) is 38.0 Å². The van der Waals surface area contributed by atoms with Crippen molar-refractivity contribution in [2.24, 2.45) is 11.7 Å². The second kappa shape index (κ2) is 4.92. The molecular weight excluding hydrogens is 230 g/mol. The van der Waals surface area contributed by atoms with E-state index in [0.29, 0.717) is 11.8 Å². The summed E-state index contributed by atoms with van der Waals surface area (Å²) in [5.74, 6) is 0.662. The van der Waals surface area contributed by atoms with Crippen LogP contribution in [0.5, 0.6) is 0 Å². The Bertz CT molecular complexity index is 439. The molecule has 0 aliphatic heterocycles. The molecule has 0 radical (unpaired) electrons. The molecule has 0 fully saturated rings. The minimum Gasteiger partial charge on any atom is -0.338 e. The second-order valence-electron chi connectivity index (χ2n) is 4.35. The van der Waals surface area contributed by atoms with Gasteiger partial charge in [-0.15, -0.1) is 0 Å². The summed E-state index contributed by atoms with van der Waals surface area (Å²) in [7, 11) is -3.14. The fourth-order valence-corrected chi connectivity index (χ4v) is 1.91. The number of nitrogens with two attached hydrogens (primary N) is 1. The Labute approximate surface area is 95.1 Å². The number of sulfone groups is 1. The number of aromatic nitrogens is 2. The fraction of sp³-hybridized carbons (Fsp3) is 0.778. The van der Waals surface area contributed by atoms with Crippen LogP contribution in [0.2, 0.25) is 0 Å². The van der Waals surface area contributed by atoms with Crippen molar-refractivity contribution in [2.75, 3.05) is 6.26 Å². The van der Waals surface area contributed by atoms with E-state index in [1.807, 2.05) is 13.8 Å². The van der Waals surface area contributed by atoms with E-state index < -0.39 is 9.84 Å². The molecule has 2 N–H and O–H groups in total. The van der Waals surface area contributed by atoms with Crippen molar-refractivity contribution in [3.05, 3.63) is 11.7 Å². The van der Waals surface area contributed by atoms with Crippen LogP contribution in [0.15, 0.2) is 4.52 Å². The lowest BCUT2D eigenvalue weighted by Gasteiger charge is -2.08. The van der Waals surface area contributed by atoms with E-state index in [9.17, 15) is 8.42 Å². The first kappa shape index (κ1) is 13.1. The van der Waals surface area contributed by atoms with E-state index in [1.165, 1.54) is 0 Å². The van der Waals surface area contributed by atoms with Crippen LogP contribution in [-0.2, 0) is 15.6 Å². The van der Waals surface area contributed by atoms with Gasteiger partial charge in [-0.05, 0) is 12.3 Å². The normalized spacial score (nSPS) is 14.3. The number of hydrogen-bond donors (Lipinski definition) is 1. The molecule has 1 heterocycles. The first-order valence-corrected chi connectivity index (χ1v) is 7.10. The number of hydrogen-bond acceptors (Lipinski definition) is 6. The second-order valence-corrected chi connectivity index (χ2v) is 6.50. The van der Waals surface area contributed by atoms with E-state index >= 15 is 0 Å². The predicted molar refractivity (Wildman–Crippen MR) is 59.2 cm³/mol. The molecule has 1 aromatic rings. The summed E-state index contributed by atoms with van der Waals surface area (Å²) in [6, 6.07) is -0.333. The van der Waals surface area contributed by atoms with Crippen LogP contribution in [0.3, 0.4) is 0 Å². The average molecular weight is 247 g/mol. The highest BCUT2D eigenvalue weighted by molar-refractivity contribution is 7.89. The molecule has 16 heavy (non-hydrogen) atoms. The van der Waals surface area contributed by atoms with Crippen LogP contribution in [-0.4, -0.2) is 24.8 Å². The molecule has 6 nitrogen and oxygen atoms in total. The standard InChI is InChI=1S/C9H17N3O3S/c1-6(2)4-7(10)9-11-8(12-15-9)5-16(3,13)14/h6-7H,4-5,10H2,1-3H3/t7-/m0/s1. The van der Waals surface area contributed by atoms with Gasteiger partial charge in [0.05, 0.1) is 6.04 Å². The van der Waals surface area contributed by atoms with Crippen LogP contribution >= 0.6 is 0 Å². The Morgan fingerprint density at radius 3 is 2.56 bits per heavy atom. The highest BCUT2D eigenvalue weighted by Gasteiger charge is 2.17.